The molecule has 1 aliphatic carbocycles. The number of aromatic nitrogens is 2. The molecule has 1 aromatic heterocycles. The number of carbonyl (C=O) groups excluding carboxylic acids is 1. The number of aromatic carboxylic acids is 1. The summed E-state index contributed by atoms with van der Waals surface area (Å²) < 4.78 is 1.59. The van der Waals surface area contributed by atoms with Gasteiger partial charge in [0.15, 0.2) is 0 Å². The van der Waals surface area contributed by atoms with Crippen LogP contribution in [0.2, 0.25) is 0 Å². The summed E-state index contributed by atoms with van der Waals surface area (Å²) in [6.07, 6.45) is 0. The minimum atomic E-state index is -1.01. The summed E-state index contributed by atoms with van der Waals surface area (Å²) in [5.41, 5.74) is 2.91. The van der Waals surface area contributed by atoms with Gasteiger partial charge in [-0.2, -0.15) is 0 Å². The van der Waals surface area contributed by atoms with Gasteiger partial charge in [0.25, 0.3) is 5.56 Å². The van der Waals surface area contributed by atoms with Gasteiger partial charge in [0.05, 0.1) is 22.5 Å². The van der Waals surface area contributed by atoms with Crippen molar-refractivity contribution in [1.29, 1.82) is 0 Å². The van der Waals surface area contributed by atoms with Crippen molar-refractivity contribution in [2.45, 2.75) is 19.9 Å². The van der Waals surface area contributed by atoms with E-state index in [1.54, 1.807) is 42.9 Å². The minimum Gasteiger partial charge on any atom is -0.478 e. The van der Waals surface area contributed by atoms with E-state index in [2.05, 4.69) is 15.5 Å². The number of carbonyl (C=O) groups is 2. The van der Waals surface area contributed by atoms with Gasteiger partial charge in [-0.25, -0.2) is 9.78 Å². The molecule has 1 unspecified atom stereocenters. The number of hydrogen-bond acceptors (Lipinski definition) is 6. The van der Waals surface area contributed by atoms with Crippen molar-refractivity contribution >= 4 is 34.4 Å². The first kappa shape index (κ1) is 22.9. The first-order valence-electron chi connectivity index (χ1n) is 11.8. The second-order valence-corrected chi connectivity index (χ2v) is 9.62. The van der Waals surface area contributed by atoms with Crippen LogP contribution in [0.4, 0.5) is 11.6 Å². The molecule has 182 valence electrons. The van der Waals surface area contributed by atoms with Crippen molar-refractivity contribution < 1.29 is 14.7 Å². The third kappa shape index (κ3) is 3.80. The molecule has 0 radical (unpaired) electrons. The predicted octanol–water partition coefficient (Wildman–Crippen LogP) is 2.54. The van der Waals surface area contributed by atoms with Crippen LogP contribution < -0.4 is 21.1 Å². The van der Waals surface area contributed by atoms with E-state index in [0.29, 0.717) is 35.6 Å². The molecule has 9 heteroatoms. The lowest BCUT2D eigenvalue weighted by molar-refractivity contribution is -0.122. The quantitative estimate of drug-likeness (QED) is 0.502. The fourth-order valence-electron chi connectivity index (χ4n) is 5.51. The average molecular weight is 476 g/mol. The third-order valence-electron chi connectivity index (χ3n) is 7.35. The summed E-state index contributed by atoms with van der Waals surface area (Å²) in [5, 5.41) is 16.1. The Bertz CT molecular complexity index is 1400. The number of hydrogen-bond donors (Lipinski definition) is 3. The molecule has 2 heterocycles. The molecule has 0 spiro atoms. The Labute approximate surface area is 202 Å². The molecule has 9 nitrogen and oxygen atoms in total. The molecule has 3 N–H and O–H groups in total. The number of amides is 1. The van der Waals surface area contributed by atoms with Crippen LogP contribution in [0.3, 0.4) is 0 Å². The topological polar surface area (TPSA) is 117 Å². The Morgan fingerprint density at radius 1 is 1.17 bits per heavy atom. The van der Waals surface area contributed by atoms with E-state index in [9.17, 15) is 19.5 Å². The van der Waals surface area contributed by atoms with Gasteiger partial charge >= 0.3 is 5.97 Å². The third-order valence-corrected chi connectivity index (χ3v) is 7.35. The molecule has 1 saturated carbocycles. The standard InChI is InChI=1S/C26H29N5O4/c1-13-9-16(14(2)28-20-8-6-5-7-15(20)25(34)35)22-17(10-13)24(33)30(4)26(29-22)31-11-18-19(12-31)21(18)23(32)27-3/h5-10,14,18-19,21,28H,11-12H2,1-4H3,(H,27,32)(H,34,35)/t14?,18-,19+,21-. The normalized spacial score (nSPS) is 21.5. The second kappa shape index (κ2) is 8.41. The molecular weight excluding hydrogens is 446 g/mol. The zero-order valence-corrected chi connectivity index (χ0v) is 20.2. The number of nitrogens with one attached hydrogen (secondary N) is 2. The Hall–Kier alpha value is -3.88. The van der Waals surface area contributed by atoms with Crippen molar-refractivity contribution in [2.24, 2.45) is 24.8 Å². The molecule has 0 bridgehead atoms. The Balaban J connectivity index is 1.52. The zero-order chi connectivity index (χ0) is 25.0. The largest absolute Gasteiger partial charge is 0.478 e. The van der Waals surface area contributed by atoms with Crippen molar-refractivity contribution in [1.82, 2.24) is 14.9 Å². The fraction of sp³-hybridized carbons (Fsp3) is 0.385. The van der Waals surface area contributed by atoms with Gasteiger partial charge in [-0.3, -0.25) is 14.2 Å². The van der Waals surface area contributed by atoms with Crippen LogP contribution in [-0.4, -0.2) is 46.7 Å². The highest BCUT2D eigenvalue weighted by atomic mass is 16.4. The Kier molecular flexibility index (Phi) is 5.50. The van der Waals surface area contributed by atoms with Crippen molar-refractivity contribution in [2.75, 3.05) is 30.4 Å². The van der Waals surface area contributed by atoms with Crippen molar-refractivity contribution in [3.05, 3.63) is 63.4 Å². The lowest BCUT2D eigenvalue weighted by atomic mass is 10.0. The van der Waals surface area contributed by atoms with E-state index in [0.717, 1.165) is 11.1 Å². The van der Waals surface area contributed by atoms with E-state index >= 15 is 0 Å². The van der Waals surface area contributed by atoms with E-state index in [4.69, 9.17) is 4.98 Å². The second-order valence-electron chi connectivity index (χ2n) is 9.62. The first-order chi connectivity index (χ1) is 16.7. The van der Waals surface area contributed by atoms with Crippen LogP contribution in [0.25, 0.3) is 10.9 Å². The van der Waals surface area contributed by atoms with Gasteiger partial charge in [-0.15, -0.1) is 0 Å². The SMILES string of the molecule is CNC(=O)[C@@H]1[C@@H]2CN(c3nc4c(C(C)Nc5ccccc5C(=O)O)cc(C)cc4c(=O)n3C)C[C@@H]21. The molecule has 4 atom stereocenters. The van der Waals surface area contributed by atoms with Gasteiger partial charge in [0.1, 0.15) is 0 Å². The van der Waals surface area contributed by atoms with Crippen LogP contribution >= 0.6 is 0 Å². The first-order valence-corrected chi connectivity index (χ1v) is 11.8. The summed E-state index contributed by atoms with van der Waals surface area (Å²) in [4.78, 5) is 44.1. The van der Waals surface area contributed by atoms with Crippen LogP contribution in [0.5, 0.6) is 0 Å². The summed E-state index contributed by atoms with van der Waals surface area (Å²) >= 11 is 0. The number of anilines is 2. The lowest BCUT2D eigenvalue weighted by Gasteiger charge is -2.25. The fourth-order valence-corrected chi connectivity index (χ4v) is 5.51. The molecule has 1 saturated heterocycles. The minimum absolute atomic E-state index is 0.0467. The number of carboxylic acid groups (broad SMARTS) is 1. The highest BCUT2D eigenvalue weighted by Gasteiger charge is 2.59. The molecule has 2 aliphatic rings. The van der Waals surface area contributed by atoms with Gasteiger partial charge < -0.3 is 20.6 Å². The van der Waals surface area contributed by atoms with Gasteiger partial charge in [-0.05, 0) is 49.4 Å². The van der Waals surface area contributed by atoms with E-state index in [1.165, 1.54) is 0 Å². The summed E-state index contributed by atoms with van der Waals surface area (Å²) in [6, 6.07) is 10.3. The number of aryl methyl sites for hydroxylation is 1. The maximum Gasteiger partial charge on any atom is 0.337 e. The van der Waals surface area contributed by atoms with Gasteiger partial charge in [0, 0.05) is 44.4 Å². The van der Waals surface area contributed by atoms with E-state index < -0.39 is 5.97 Å². The molecule has 2 fully saturated rings. The molecule has 3 aromatic rings. The molecule has 35 heavy (non-hydrogen) atoms. The van der Waals surface area contributed by atoms with Crippen molar-refractivity contribution in [3.63, 3.8) is 0 Å². The number of nitrogens with zero attached hydrogens (tertiary/aromatic N) is 3. The Morgan fingerprint density at radius 2 is 1.86 bits per heavy atom. The highest BCUT2D eigenvalue weighted by Crippen LogP contribution is 2.52. The number of benzene rings is 2. The number of carboxylic acids is 1. The maximum atomic E-state index is 13.4. The lowest BCUT2D eigenvalue weighted by Crippen LogP contribution is -2.34. The van der Waals surface area contributed by atoms with E-state index in [-0.39, 0.29) is 40.8 Å². The monoisotopic (exact) mass is 475 g/mol. The van der Waals surface area contributed by atoms with Crippen LogP contribution in [0, 0.1) is 24.7 Å². The summed E-state index contributed by atoms with van der Waals surface area (Å²) in [7, 11) is 3.40. The van der Waals surface area contributed by atoms with Gasteiger partial charge in [0.2, 0.25) is 11.9 Å². The van der Waals surface area contributed by atoms with Crippen LogP contribution in [0.15, 0.2) is 41.2 Å². The van der Waals surface area contributed by atoms with E-state index in [1.807, 2.05) is 26.0 Å². The molecule has 5 rings (SSSR count). The molecule has 2 aromatic carbocycles. The van der Waals surface area contributed by atoms with Gasteiger partial charge in [-0.1, -0.05) is 18.2 Å². The number of piperidine rings is 1. The molecule has 1 amide bonds. The number of para-hydroxylation sites is 1. The summed E-state index contributed by atoms with van der Waals surface area (Å²) in [6.45, 7) is 5.25. The maximum absolute atomic E-state index is 13.4. The van der Waals surface area contributed by atoms with Crippen LogP contribution in [0.1, 0.15) is 34.5 Å². The average Bonchev–Trinajstić information content (AvgIpc) is 3.34. The smallest absolute Gasteiger partial charge is 0.337 e. The van der Waals surface area contributed by atoms with Crippen LogP contribution in [-0.2, 0) is 11.8 Å². The number of rotatable bonds is 6. The molecular formula is C26H29N5O4. The summed E-state index contributed by atoms with van der Waals surface area (Å²) in [5.74, 6) is 0.283. The zero-order valence-electron chi connectivity index (χ0n) is 20.2. The predicted molar refractivity (Wildman–Crippen MR) is 134 cm³/mol. The number of fused-ring (bicyclic) bond motifs is 2. The molecule has 1 aliphatic heterocycles. The van der Waals surface area contributed by atoms with Crippen molar-refractivity contribution in [3.8, 4) is 0 Å². The Morgan fingerprint density at radius 3 is 2.51 bits per heavy atom. The highest BCUT2D eigenvalue weighted by molar-refractivity contribution is 5.94.